The molecule has 0 radical (unpaired) electrons. The molecule has 0 spiro atoms. The summed E-state index contributed by atoms with van der Waals surface area (Å²) in [4.78, 5) is 71.3. The predicted molar refractivity (Wildman–Crippen MR) is 175 cm³/mol. The molecule has 4 amide bonds. The van der Waals surface area contributed by atoms with E-state index in [1.807, 2.05) is 36.4 Å². The Labute approximate surface area is 274 Å². The van der Waals surface area contributed by atoms with E-state index in [9.17, 15) is 34.6 Å². The number of carbonyl (C=O) groups excluding carboxylic acids is 4. The van der Waals surface area contributed by atoms with E-state index in [-0.39, 0.29) is 19.4 Å². The van der Waals surface area contributed by atoms with Crippen LogP contribution in [0.3, 0.4) is 0 Å². The summed E-state index contributed by atoms with van der Waals surface area (Å²) in [6, 6.07) is 7.33. The van der Waals surface area contributed by atoms with Crippen molar-refractivity contribution in [1.82, 2.24) is 20.4 Å². The molecule has 0 aliphatic carbocycles. The minimum absolute atomic E-state index is 0.0253. The minimum atomic E-state index is -1.34. The van der Waals surface area contributed by atoms with Gasteiger partial charge >= 0.3 is 12.1 Å². The first-order valence-electron chi connectivity index (χ1n) is 15.5. The summed E-state index contributed by atoms with van der Waals surface area (Å²) < 4.78 is 5.36. The lowest BCUT2D eigenvalue weighted by atomic mass is 9.85. The minimum Gasteiger partial charge on any atom is -0.480 e. The highest BCUT2D eigenvalue weighted by Gasteiger charge is 2.47. The molecular formula is C33H45N7O7. The van der Waals surface area contributed by atoms with Gasteiger partial charge in [-0.3, -0.25) is 19.3 Å². The van der Waals surface area contributed by atoms with Crippen LogP contribution in [0.2, 0.25) is 0 Å². The van der Waals surface area contributed by atoms with Crippen LogP contribution in [0.15, 0.2) is 47.6 Å². The number of rotatable bonds is 10. The zero-order valence-corrected chi connectivity index (χ0v) is 28.2. The summed E-state index contributed by atoms with van der Waals surface area (Å²) in [5.41, 5.74) is 8.27. The first kappa shape index (κ1) is 36.6. The number of amides is 4. The van der Waals surface area contributed by atoms with Crippen molar-refractivity contribution in [2.45, 2.75) is 97.1 Å². The SMILES string of the molecule is CC(C(=O)NC(C(=O)N1CC[C@@H](N=[N+]=[N-])[C@H]1C(=O)NC(Cc1ccc2ccccc2c1)C(=O)O)C(C)(C)C)N(C)C(=O)OC(C)(C)C. The fourth-order valence-corrected chi connectivity index (χ4v) is 5.33. The molecule has 3 rings (SSSR count). The highest BCUT2D eigenvalue weighted by atomic mass is 16.6. The van der Waals surface area contributed by atoms with Crippen molar-refractivity contribution < 1.29 is 33.8 Å². The number of likely N-dealkylation sites (N-methyl/N-ethyl adjacent to an activating group) is 1. The quantitative estimate of drug-likeness (QED) is 0.196. The van der Waals surface area contributed by atoms with Crippen LogP contribution in [-0.4, -0.2) is 94.1 Å². The Morgan fingerprint density at radius 2 is 1.70 bits per heavy atom. The topological polar surface area (TPSA) is 194 Å². The van der Waals surface area contributed by atoms with Gasteiger partial charge in [-0.15, -0.1) is 0 Å². The van der Waals surface area contributed by atoms with Gasteiger partial charge in [0.2, 0.25) is 17.7 Å². The molecule has 0 saturated carbocycles. The number of nitrogens with one attached hydrogen (secondary N) is 2. The van der Waals surface area contributed by atoms with Crippen molar-refractivity contribution in [3.63, 3.8) is 0 Å². The van der Waals surface area contributed by atoms with Gasteiger partial charge in [0.05, 0.1) is 6.04 Å². The second-order valence-electron chi connectivity index (χ2n) is 13.9. The average Bonchev–Trinajstić information content (AvgIpc) is 3.40. The average molecular weight is 652 g/mol. The number of fused-ring (bicyclic) bond motifs is 1. The van der Waals surface area contributed by atoms with E-state index in [0.29, 0.717) is 5.56 Å². The molecule has 47 heavy (non-hydrogen) atoms. The Morgan fingerprint density at radius 3 is 2.28 bits per heavy atom. The summed E-state index contributed by atoms with van der Waals surface area (Å²) in [5, 5.41) is 20.9. The van der Waals surface area contributed by atoms with Gasteiger partial charge in [-0.1, -0.05) is 68.4 Å². The fraction of sp³-hybridized carbons (Fsp3) is 0.545. The Kier molecular flexibility index (Phi) is 11.5. The first-order valence-corrected chi connectivity index (χ1v) is 15.5. The highest BCUT2D eigenvalue weighted by molar-refractivity contribution is 5.96. The van der Waals surface area contributed by atoms with Crippen LogP contribution < -0.4 is 10.6 Å². The summed E-state index contributed by atoms with van der Waals surface area (Å²) in [6.07, 6.45) is -0.592. The number of hydrogen-bond acceptors (Lipinski definition) is 7. The summed E-state index contributed by atoms with van der Waals surface area (Å²) in [6.45, 7) is 11.8. The largest absolute Gasteiger partial charge is 0.480 e. The van der Waals surface area contributed by atoms with Crippen molar-refractivity contribution in [3.05, 3.63) is 58.5 Å². The van der Waals surface area contributed by atoms with Gasteiger partial charge in [-0.2, -0.15) is 0 Å². The third-order valence-corrected chi connectivity index (χ3v) is 8.03. The van der Waals surface area contributed by atoms with Gasteiger partial charge in [0.1, 0.15) is 29.8 Å². The summed E-state index contributed by atoms with van der Waals surface area (Å²) in [5.74, 6) is -3.31. The van der Waals surface area contributed by atoms with Crippen molar-refractivity contribution in [3.8, 4) is 0 Å². The van der Waals surface area contributed by atoms with E-state index in [4.69, 9.17) is 4.74 Å². The molecule has 2 aromatic carbocycles. The van der Waals surface area contributed by atoms with E-state index < -0.39 is 71.0 Å². The third-order valence-electron chi connectivity index (χ3n) is 8.03. The molecule has 0 bridgehead atoms. The summed E-state index contributed by atoms with van der Waals surface area (Å²) >= 11 is 0. The van der Waals surface area contributed by atoms with Crippen molar-refractivity contribution in [1.29, 1.82) is 0 Å². The molecular weight excluding hydrogens is 606 g/mol. The molecule has 14 nitrogen and oxygen atoms in total. The summed E-state index contributed by atoms with van der Waals surface area (Å²) in [7, 11) is 1.41. The number of carboxylic acids is 1. The molecule has 0 aromatic heterocycles. The van der Waals surface area contributed by atoms with Gasteiger partial charge in [0.15, 0.2) is 0 Å². The molecule has 5 atom stereocenters. The number of benzene rings is 2. The monoisotopic (exact) mass is 651 g/mol. The molecule has 14 heteroatoms. The van der Waals surface area contributed by atoms with E-state index in [0.717, 1.165) is 15.7 Å². The number of hydrogen-bond donors (Lipinski definition) is 3. The van der Waals surface area contributed by atoms with Crippen LogP contribution in [0.4, 0.5) is 4.79 Å². The number of likely N-dealkylation sites (tertiary alicyclic amines) is 1. The van der Waals surface area contributed by atoms with Gasteiger partial charge in [-0.25, -0.2) is 9.59 Å². The number of azide groups is 1. The van der Waals surface area contributed by atoms with E-state index in [1.54, 1.807) is 47.6 Å². The number of carboxylic acid groups (broad SMARTS) is 1. The number of carbonyl (C=O) groups is 5. The molecule has 1 saturated heterocycles. The van der Waals surface area contributed by atoms with Crippen molar-refractivity contribution in [2.24, 2.45) is 10.5 Å². The molecule has 1 heterocycles. The highest BCUT2D eigenvalue weighted by Crippen LogP contribution is 2.28. The van der Waals surface area contributed by atoms with Crippen LogP contribution in [0, 0.1) is 5.41 Å². The third kappa shape index (κ3) is 9.35. The number of aliphatic carboxylic acids is 1. The normalized spacial score (nSPS) is 18.3. The van der Waals surface area contributed by atoms with Crippen LogP contribution in [-0.2, 0) is 30.3 Å². The zero-order chi connectivity index (χ0) is 35.3. The number of nitrogens with zero attached hydrogens (tertiary/aromatic N) is 5. The maximum atomic E-state index is 14.1. The second kappa shape index (κ2) is 14.7. The Balaban J connectivity index is 1.84. The molecule has 3 unspecified atom stereocenters. The fourth-order valence-electron chi connectivity index (χ4n) is 5.33. The second-order valence-corrected chi connectivity index (χ2v) is 13.9. The lowest BCUT2D eigenvalue weighted by Gasteiger charge is -2.37. The van der Waals surface area contributed by atoms with Crippen LogP contribution in [0.25, 0.3) is 21.2 Å². The molecule has 1 fully saturated rings. The maximum absolute atomic E-state index is 14.1. The van der Waals surface area contributed by atoms with Crippen molar-refractivity contribution >= 4 is 40.6 Å². The Morgan fingerprint density at radius 1 is 1.06 bits per heavy atom. The maximum Gasteiger partial charge on any atom is 0.410 e. The van der Waals surface area contributed by atoms with E-state index >= 15 is 0 Å². The standard InChI is InChI=1S/C33H45N7O7/c1-19(39(8)31(46)47-33(5,6)7)27(41)36-26(32(2,3)4)29(43)40-16-15-23(37-38-34)25(40)28(42)35-24(30(44)45)18-20-13-14-21-11-9-10-12-22(21)17-20/h9-14,17,19,23-26H,15-16,18H2,1-8H3,(H,35,42)(H,36,41)(H,44,45)/t19?,23-,24?,25+,26?/m1/s1. The number of ether oxygens (including phenoxy) is 1. The first-order chi connectivity index (χ1) is 21.8. The van der Waals surface area contributed by atoms with Crippen molar-refractivity contribution in [2.75, 3.05) is 13.6 Å². The molecule has 3 N–H and O–H groups in total. The molecule has 1 aliphatic rings. The lowest BCUT2D eigenvalue weighted by Crippen LogP contribution is -2.61. The van der Waals surface area contributed by atoms with Gasteiger partial charge in [0.25, 0.3) is 0 Å². The molecule has 2 aromatic rings. The van der Waals surface area contributed by atoms with Crippen LogP contribution >= 0.6 is 0 Å². The van der Waals surface area contributed by atoms with Gasteiger partial charge in [0, 0.05) is 24.9 Å². The zero-order valence-electron chi connectivity index (χ0n) is 28.2. The lowest BCUT2D eigenvalue weighted by molar-refractivity contribution is -0.146. The predicted octanol–water partition coefficient (Wildman–Crippen LogP) is 4.02. The van der Waals surface area contributed by atoms with Gasteiger partial charge in [-0.05, 0) is 61.4 Å². The Hall–Kier alpha value is -4.84. The smallest absolute Gasteiger partial charge is 0.410 e. The molecule has 254 valence electrons. The van der Waals surface area contributed by atoms with Gasteiger partial charge < -0.3 is 25.4 Å². The van der Waals surface area contributed by atoms with Crippen LogP contribution in [0.5, 0.6) is 0 Å². The van der Waals surface area contributed by atoms with E-state index in [1.165, 1.54) is 18.9 Å². The molecule has 1 aliphatic heterocycles. The Bertz CT molecular complexity index is 1560. The van der Waals surface area contributed by atoms with Crippen LogP contribution in [0.1, 0.15) is 60.5 Å². The van der Waals surface area contributed by atoms with E-state index in [2.05, 4.69) is 20.7 Å².